The Bertz CT molecular complexity index is 571. The van der Waals surface area contributed by atoms with Crippen molar-refractivity contribution in [2.24, 2.45) is 0 Å². The predicted molar refractivity (Wildman–Crippen MR) is 71.4 cm³/mol. The third-order valence-electron chi connectivity index (χ3n) is 3.09. The summed E-state index contributed by atoms with van der Waals surface area (Å²) in [6.07, 6.45) is 0. The zero-order valence-electron chi connectivity index (χ0n) is 10.6. The third kappa shape index (κ3) is 2.61. The summed E-state index contributed by atoms with van der Waals surface area (Å²) in [6, 6.07) is 4.34. The minimum absolute atomic E-state index is 0.0616. The molecule has 1 heterocycles. The number of halogens is 1. The van der Waals surface area contributed by atoms with Crippen LogP contribution in [0.5, 0.6) is 0 Å². The Kier molecular flexibility index (Phi) is 3.57. The highest BCUT2D eigenvalue weighted by Gasteiger charge is 2.31. The second-order valence-electron chi connectivity index (χ2n) is 4.44. The smallest absolute Gasteiger partial charge is 0.249 e. The number of ketones is 1. The van der Waals surface area contributed by atoms with Crippen molar-refractivity contribution in [2.75, 3.05) is 11.4 Å². The molecule has 5 nitrogen and oxygen atoms in total. The van der Waals surface area contributed by atoms with Gasteiger partial charge in [-0.3, -0.25) is 19.7 Å². The van der Waals surface area contributed by atoms with E-state index in [-0.39, 0.29) is 24.1 Å². The summed E-state index contributed by atoms with van der Waals surface area (Å²) in [5.74, 6) is -0.813. The first-order valence-corrected chi connectivity index (χ1v) is 6.18. The monoisotopic (exact) mass is 280 g/mol. The molecule has 0 aliphatic carbocycles. The Labute approximate surface area is 115 Å². The maximum Gasteiger partial charge on any atom is 0.249 e. The van der Waals surface area contributed by atoms with Crippen LogP contribution in [-0.4, -0.2) is 30.2 Å². The summed E-state index contributed by atoms with van der Waals surface area (Å²) in [5.41, 5.74) is 1.07. The van der Waals surface area contributed by atoms with E-state index in [1.807, 2.05) is 0 Å². The normalized spacial score (nSPS) is 19.3. The molecule has 19 heavy (non-hydrogen) atoms. The second-order valence-corrected chi connectivity index (χ2v) is 4.85. The molecule has 1 aliphatic heterocycles. The highest BCUT2D eigenvalue weighted by molar-refractivity contribution is 6.33. The number of piperazine rings is 1. The first-order valence-electron chi connectivity index (χ1n) is 5.81. The number of imide groups is 1. The van der Waals surface area contributed by atoms with Crippen LogP contribution in [0.15, 0.2) is 18.2 Å². The van der Waals surface area contributed by atoms with Crippen LogP contribution >= 0.6 is 11.6 Å². The fourth-order valence-corrected chi connectivity index (χ4v) is 2.26. The van der Waals surface area contributed by atoms with Gasteiger partial charge in [0.05, 0.1) is 17.3 Å². The molecule has 1 fully saturated rings. The van der Waals surface area contributed by atoms with Gasteiger partial charge in [-0.15, -0.1) is 0 Å². The number of hydrogen-bond acceptors (Lipinski definition) is 4. The molecule has 2 rings (SSSR count). The van der Waals surface area contributed by atoms with Crippen LogP contribution in [-0.2, 0) is 9.59 Å². The van der Waals surface area contributed by atoms with Gasteiger partial charge >= 0.3 is 0 Å². The average Bonchev–Trinajstić information content (AvgIpc) is 2.33. The lowest BCUT2D eigenvalue weighted by Crippen LogP contribution is -2.57. The zero-order valence-corrected chi connectivity index (χ0v) is 11.3. The van der Waals surface area contributed by atoms with Gasteiger partial charge in [-0.2, -0.15) is 0 Å². The lowest BCUT2D eigenvalue weighted by Gasteiger charge is -2.34. The van der Waals surface area contributed by atoms with E-state index in [1.165, 1.54) is 6.92 Å². The van der Waals surface area contributed by atoms with Gasteiger partial charge in [-0.1, -0.05) is 11.6 Å². The summed E-state index contributed by atoms with van der Waals surface area (Å²) in [7, 11) is 0. The minimum atomic E-state index is -0.488. The van der Waals surface area contributed by atoms with Crippen molar-refractivity contribution in [2.45, 2.75) is 19.9 Å². The van der Waals surface area contributed by atoms with Crippen molar-refractivity contribution < 1.29 is 14.4 Å². The van der Waals surface area contributed by atoms with Gasteiger partial charge < -0.3 is 4.90 Å². The standard InChI is InChI=1S/C13H13ClN2O3/c1-7-13(19)15-12(18)6-16(7)11-4-3-9(8(2)17)5-10(11)14/h3-5,7H,6H2,1-2H3,(H,15,18,19). The van der Waals surface area contributed by atoms with Gasteiger partial charge in [-0.25, -0.2) is 0 Å². The van der Waals surface area contributed by atoms with Gasteiger partial charge in [0.1, 0.15) is 6.04 Å². The topological polar surface area (TPSA) is 66.5 Å². The van der Waals surface area contributed by atoms with Crippen molar-refractivity contribution in [3.8, 4) is 0 Å². The molecule has 1 unspecified atom stereocenters. The molecule has 1 aromatic rings. The maximum absolute atomic E-state index is 11.6. The van der Waals surface area contributed by atoms with Crippen molar-refractivity contribution in [3.63, 3.8) is 0 Å². The summed E-state index contributed by atoms with van der Waals surface area (Å²) >= 11 is 6.13. The van der Waals surface area contributed by atoms with E-state index in [4.69, 9.17) is 11.6 Å². The molecule has 0 saturated carbocycles. The molecule has 0 spiro atoms. The Morgan fingerprint density at radius 3 is 2.68 bits per heavy atom. The first kappa shape index (κ1) is 13.5. The Hall–Kier alpha value is -1.88. The van der Waals surface area contributed by atoms with Crippen LogP contribution in [0.4, 0.5) is 5.69 Å². The maximum atomic E-state index is 11.6. The number of benzene rings is 1. The van der Waals surface area contributed by atoms with Gasteiger partial charge in [0.2, 0.25) is 11.8 Å². The lowest BCUT2D eigenvalue weighted by molar-refractivity contribution is -0.132. The molecule has 1 atom stereocenters. The molecule has 2 amide bonds. The van der Waals surface area contributed by atoms with E-state index in [1.54, 1.807) is 30.0 Å². The van der Waals surface area contributed by atoms with Crippen LogP contribution in [0.1, 0.15) is 24.2 Å². The molecule has 0 radical (unpaired) electrons. The van der Waals surface area contributed by atoms with Crippen molar-refractivity contribution >= 4 is 34.9 Å². The quantitative estimate of drug-likeness (QED) is 0.657. The fourth-order valence-electron chi connectivity index (χ4n) is 1.97. The van der Waals surface area contributed by atoms with Gasteiger partial charge in [-0.05, 0) is 32.0 Å². The number of nitrogens with zero attached hydrogens (tertiary/aromatic N) is 1. The predicted octanol–water partition coefficient (Wildman–Crippen LogP) is 1.39. The number of carbonyl (C=O) groups excluding carboxylic acids is 3. The van der Waals surface area contributed by atoms with E-state index >= 15 is 0 Å². The highest BCUT2D eigenvalue weighted by Crippen LogP contribution is 2.29. The van der Waals surface area contributed by atoms with Crippen molar-refractivity contribution in [3.05, 3.63) is 28.8 Å². The van der Waals surface area contributed by atoms with E-state index < -0.39 is 6.04 Å². The molecular weight excluding hydrogens is 268 g/mol. The first-order chi connectivity index (χ1) is 8.90. The van der Waals surface area contributed by atoms with Crippen LogP contribution < -0.4 is 10.2 Å². The molecule has 1 aliphatic rings. The third-order valence-corrected chi connectivity index (χ3v) is 3.39. The second kappa shape index (κ2) is 5.01. The molecule has 1 aromatic carbocycles. The Balaban J connectivity index is 2.38. The van der Waals surface area contributed by atoms with Gasteiger partial charge in [0.15, 0.2) is 5.78 Å². The molecule has 0 aromatic heterocycles. The number of hydrogen-bond donors (Lipinski definition) is 1. The van der Waals surface area contributed by atoms with Crippen LogP contribution in [0.25, 0.3) is 0 Å². The molecule has 100 valence electrons. The number of amides is 2. The minimum Gasteiger partial charge on any atom is -0.349 e. The van der Waals surface area contributed by atoms with Gasteiger partial charge in [0, 0.05) is 5.56 Å². The van der Waals surface area contributed by atoms with E-state index in [0.717, 1.165) is 0 Å². The van der Waals surface area contributed by atoms with Crippen LogP contribution in [0.3, 0.4) is 0 Å². The van der Waals surface area contributed by atoms with Crippen molar-refractivity contribution in [1.29, 1.82) is 0 Å². The van der Waals surface area contributed by atoms with E-state index in [9.17, 15) is 14.4 Å². The molecule has 6 heteroatoms. The zero-order chi connectivity index (χ0) is 14.2. The Morgan fingerprint density at radius 2 is 2.11 bits per heavy atom. The van der Waals surface area contributed by atoms with Gasteiger partial charge in [0.25, 0.3) is 0 Å². The number of anilines is 1. The summed E-state index contributed by atoms with van der Waals surface area (Å²) in [6.45, 7) is 3.20. The number of carbonyl (C=O) groups is 3. The SMILES string of the molecule is CC(=O)c1ccc(N2CC(=O)NC(=O)C2C)c(Cl)c1. The molecular formula is C13H13ClN2O3. The number of Topliss-reactive ketones (excluding diaryl/α,β-unsaturated/α-hetero) is 1. The summed E-state index contributed by atoms with van der Waals surface area (Å²) < 4.78 is 0. The summed E-state index contributed by atoms with van der Waals surface area (Å²) in [4.78, 5) is 35.9. The molecule has 1 N–H and O–H groups in total. The lowest BCUT2D eigenvalue weighted by atomic mass is 10.1. The number of rotatable bonds is 2. The van der Waals surface area contributed by atoms with Crippen LogP contribution in [0.2, 0.25) is 5.02 Å². The fraction of sp³-hybridized carbons (Fsp3) is 0.308. The largest absolute Gasteiger partial charge is 0.349 e. The molecule has 0 bridgehead atoms. The Morgan fingerprint density at radius 1 is 1.42 bits per heavy atom. The van der Waals surface area contributed by atoms with Crippen molar-refractivity contribution in [1.82, 2.24) is 5.32 Å². The average molecular weight is 281 g/mol. The summed E-state index contributed by atoms with van der Waals surface area (Å²) in [5, 5.41) is 2.61. The van der Waals surface area contributed by atoms with Crippen LogP contribution in [0, 0.1) is 0 Å². The van der Waals surface area contributed by atoms with E-state index in [2.05, 4.69) is 5.32 Å². The van der Waals surface area contributed by atoms with E-state index in [0.29, 0.717) is 16.3 Å². The number of nitrogens with one attached hydrogen (secondary N) is 1. The molecule has 1 saturated heterocycles. The highest BCUT2D eigenvalue weighted by atomic mass is 35.5.